The van der Waals surface area contributed by atoms with E-state index in [4.69, 9.17) is 4.74 Å². The largest absolute Gasteiger partial charge is 0.475 e. The van der Waals surface area contributed by atoms with E-state index in [0.29, 0.717) is 18.5 Å². The Hall–Kier alpha value is -0.840. The van der Waals surface area contributed by atoms with Gasteiger partial charge in [-0.15, -0.1) is 4.37 Å². The summed E-state index contributed by atoms with van der Waals surface area (Å²) in [5, 5.41) is 0. The molecule has 1 fully saturated rings. The number of anilines is 1. The summed E-state index contributed by atoms with van der Waals surface area (Å²) >= 11 is 1.24. The minimum atomic E-state index is 0.557. The summed E-state index contributed by atoms with van der Waals surface area (Å²) in [6.07, 6.45) is 3.80. The highest BCUT2D eigenvalue weighted by atomic mass is 32.1. The smallest absolute Gasteiger partial charge is 0.270 e. The molecule has 15 heavy (non-hydrogen) atoms. The van der Waals surface area contributed by atoms with Gasteiger partial charge in [-0.1, -0.05) is 0 Å². The third kappa shape index (κ3) is 2.22. The second kappa shape index (κ2) is 4.79. The Morgan fingerprint density at radius 1 is 1.47 bits per heavy atom. The fourth-order valence-electron chi connectivity index (χ4n) is 1.99. The van der Waals surface area contributed by atoms with Gasteiger partial charge in [-0.3, -0.25) is 0 Å². The molecule has 0 aliphatic carbocycles. The van der Waals surface area contributed by atoms with E-state index in [1.54, 1.807) is 0 Å². The fourth-order valence-corrected chi connectivity index (χ4v) is 2.50. The Morgan fingerprint density at radius 3 is 3.07 bits per heavy atom. The first-order chi connectivity index (χ1) is 7.33. The predicted octanol–water partition coefficient (Wildman–Crippen LogP) is 2.32. The van der Waals surface area contributed by atoms with Gasteiger partial charge in [0.2, 0.25) is 5.82 Å². The van der Waals surface area contributed by atoms with E-state index in [1.165, 1.54) is 31.0 Å². The molecule has 1 atom stereocenters. The summed E-state index contributed by atoms with van der Waals surface area (Å²) in [6, 6.07) is 0.557. The van der Waals surface area contributed by atoms with Crippen molar-refractivity contribution in [2.75, 3.05) is 18.1 Å². The Bertz CT molecular complexity index is 315. The average Bonchev–Trinajstić information content (AvgIpc) is 2.67. The molecular weight excluding hydrogens is 210 g/mol. The lowest BCUT2D eigenvalue weighted by Crippen LogP contribution is -2.37. The molecule has 1 aromatic heterocycles. The van der Waals surface area contributed by atoms with E-state index in [9.17, 15) is 0 Å². The maximum Gasteiger partial charge on any atom is 0.270 e. The van der Waals surface area contributed by atoms with Crippen LogP contribution in [0.15, 0.2) is 0 Å². The molecule has 4 nitrogen and oxygen atoms in total. The molecule has 1 aliphatic heterocycles. The van der Waals surface area contributed by atoms with Gasteiger partial charge < -0.3 is 9.64 Å². The topological polar surface area (TPSA) is 38.3 Å². The van der Waals surface area contributed by atoms with Crippen LogP contribution in [-0.4, -0.2) is 27.9 Å². The van der Waals surface area contributed by atoms with Crippen molar-refractivity contribution in [2.45, 2.75) is 39.2 Å². The molecule has 5 heteroatoms. The zero-order chi connectivity index (χ0) is 10.7. The minimum absolute atomic E-state index is 0.557. The molecule has 0 aromatic carbocycles. The Balaban J connectivity index is 2.15. The molecule has 1 unspecified atom stereocenters. The summed E-state index contributed by atoms with van der Waals surface area (Å²) in [5.41, 5.74) is 0. The van der Waals surface area contributed by atoms with Crippen LogP contribution < -0.4 is 9.64 Å². The molecule has 1 aromatic rings. The average molecular weight is 227 g/mol. The lowest BCUT2D eigenvalue weighted by molar-refractivity contribution is 0.327. The van der Waals surface area contributed by atoms with Gasteiger partial charge in [-0.25, -0.2) is 0 Å². The third-order valence-corrected chi connectivity index (χ3v) is 3.30. The number of aromatic nitrogens is 2. The van der Waals surface area contributed by atoms with Gasteiger partial charge in [0.1, 0.15) is 0 Å². The number of rotatable bonds is 3. The first kappa shape index (κ1) is 10.7. The highest BCUT2D eigenvalue weighted by Gasteiger charge is 2.24. The lowest BCUT2D eigenvalue weighted by atomic mass is 10.0. The van der Waals surface area contributed by atoms with Gasteiger partial charge in [0.15, 0.2) is 0 Å². The molecular formula is C10H17N3OS. The summed E-state index contributed by atoms with van der Waals surface area (Å²) in [7, 11) is 0. The normalized spacial score (nSPS) is 21.7. The monoisotopic (exact) mass is 227 g/mol. The van der Waals surface area contributed by atoms with Gasteiger partial charge in [-0.05, 0) is 33.1 Å². The SMILES string of the molecule is CCOc1nsnc1N1CCCCC1C. The van der Waals surface area contributed by atoms with Crippen LogP contribution in [0.1, 0.15) is 33.1 Å². The van der Waals surface area contributed by atoms with Crippen LogP contribution in [0.2, 0.25) is 0 Å². The van der Waals surface area contributed by atoms with Crippen LogP contribution in [0.5, 0.6) is 5.88 Å². The first-order valence-corrected chi connectivity index (χ1v) is 6.28. The zero-order valence-electron chi connectivity index (χ0n) is 9.27. The van der Waals surface area contributed by atoms with Gasteiger partial charge in [-0.2, -0.15) is 4.37 Å². The lowest BCUT2D eigenvalue weighted by Gasteiger charge is -2.33. The Labute approximate surface area is 94.6 Å². The maximum absolute atomic E-state index is 5.47. The van der Waals surface area contributed by atoms with Gasteiger partial charge >= 0.3 is 0 Å². The molecule has 0 radical (unpaired) electrons. The molecule has 84 valence electrons. The van der Waals surface area contributed by atoms with E-state index in [2.05, 4.69) is 20.6 Å². The van der Waals surface area contributed by atoms with Gasteiger partial charge in [0, 0.05) is 12.6 Å². The number of nitrogens with zero attached hydrogens (tertiary/aromatic N) is 3. The summed E-state index contributed by atoms with van der Waals surface area (Å²) < 4.78 is 14.0. The number of hydrogen-bond donors (Lipinski definition) is 0. The summed E-state index contributed by atoms with van der Waals surface area (Å²) in [4.78, 5) is 2.32. The number of piperidine rings is 1. The quantitative estimate of drug-likeness (QED) is 0.794. The Morgan fingerprint density at radius 2 is 2.33 bits per heavy atom. The van der Waals surface area contributed by atoms with Crippen LogP contribution in [-0.2, 0) is 0 Å². The molecule has 0 N–H and O–H groups in total. The first-order valence-electron chi connectivity index (χ1n) is 5.55. The van der Waals surface area contributed by atoms with Crippen molar-refractivity contribution in [1.82, 2.24) is 8.75 Å². The van der Waals surface area contributed by atoms with E-state index in [1.807, 2.05) is 6.92 Å². The van der Waals surface area contributed by atoms with Crippen molar-refractivity contribution in [3.05, 3.63) is 0 Å². The fraction of sp³-hybridized carbons (Fsp3) is 0.800. The highest BCUT2D eigenvalue weighted by Crippen LogP contribution is 2.30. The summed E-state index contributed by atoms with van der Waals surface area (Å²) in [5.74, 6) is 1.64. The van der Waals surface area contributed by atoms with Crippen molar-refractivity contribution in [2.24, 2.45) is 0 Å². The molecule has 0 bridgehead atoms. The Kier molecular flexibility index (Phi) is 3.41. The van der Waals surface area contributed by atoms with Crippen molar-refractivity contribution in [1.29, 1.82) is 0 Å². The van der Waals surface area contributed by atoms with Crippen LogP contribution in [0.4, 0.5) is 5.82 Å². The minimum Gasteiger partial charge on any atom is -0.475 e. The molecule has 0 saturated carbocycles. The van der Waals surface area contributed by atoms with E-state index < -0.39 is 0 Å². The van der Waals surface area contributed by atoms with Crippen LogP contribution >= 0.6 is 11.7 Å². The van der Waals surface area contributed by atoms with Crippen molar-refractivity contribution in [3.8, 4) is 5.88 Å². The highest BCUT2D eigenvalue weighted by molar-refractivity contribution is 6.99. The zero-order valence-corrected chi connectivity index (χ0v) is 10.1. The van der Waals surface area contributed by atoms with Crippen molar-refractivity contribution in [3.63, 3.8) is 0 Å². The third-order valence-electron chi connectivity index (χ3n) is 2.80. The predicted molar refractivity (Wildman–Crippen MR) is 61.7 cm³/mol. The van der Waals surface area contributed by atoms with Crippen LogP contribution in [0, 0.1) is 0 Å². The molecule has 2 heterocycles. The van der Waals surface area contributed by atoms with E-state index in [0.717, 1.165) is 12.4 Å². The second-order valence-corrected chi connectivity index (χ2v) is 4.39. The second-order valence-electron chi connectivity index (χ2n) is 3.86. The molecule has 2 rings (SSSR count). The molecule has 1 aliphatic rings. The molecule has 0 amide bonds. The van der Waals surface area contributed by atoms with E-state index in [-0.39, 0.29) is 0 Å². The van der Waals surface area contributed by atoms with Gasteiger partial charge in [0.05, 0.1) is 18.3 Å². The van der Waals surface area contributed by atoms with Gasteiger partial charge in [0.25, 0.3) is 5.88 Å². The van der Waals surface area contributed by atoms with Crippen molar-refractivity contribution < 1.29 is 4.74 Å². The van der Waals surface area contributed by atoms with Crippen LogP contribution in [0.25, 0.3) is 0 Å². The van der Waals surface area contributed by atoms with Crippen LogP contribution in [0.3, 0.4) is 0 Å². The molecule has 0 spiro atoms. The standard InChI is InChI=1S/C10H17N3OS/c1-3-14-10-9(11-15-12-10)13-7-5-4-6-8(13)2/h8H,3-7H2,1-2H3. The van der Waals surface area contributed by atoms with Crippen molar-refractivity contribution >= 4 is 17.5 Å². The number of ether oxygens (including phenoxy) is 1. The molecule has 1 saturated heterocycles. The maximum atomic E-state index is 5.47. The summed E-state index contributed by atoms with van der Waals surface area (Å²) in [6.45, 7) is 5.95. The number of hydrogen-bond acceptors (Lipinski definition) is 5. The van der Waals surface area contributed by atoms with E-state index >= 15 is 0 Å².